The number of nitrogens with zero attached hydrogens (tertiary/aromatic N) is 1. The number of hydrogen-bond acceptors (Lipinski definition) is 5. The van der Waals surface area contributed by atoms with Gasteiger partial charge in [0.1, 0.15) is 17.0 Å². The molecule has 2 fully saturated rings. The van der Waals surface area contributed by atoms with E-state index < -0.39 is 9.84 Å². The normalized spacial score (nSPS) is 20.6. The van der Waals surface area contributed by atoms with Gasteiger partial charge in [-0.3, -0.25) is 0 Å². The van der Waals surface area contributed by atoms with Crippen LogP contribution in [0, 0.1) is 0 Å². The van der Waals surface area contributed by atoms with Crippen LogP contribution in [0.15, 0.2) is 42.5 Å². The van der Waals surface area contributed by atoms with E-state index in [2.05, 4.69) is 12.1 Å². The lowest BCUT2D eigenvalue weighted by molar-refractivity contribution is -0.0201. The van der Waals surface area contributed by atoms with E-state index in [1.165, 1.54) is 11.8 Å². The van der Waals surface area contributed by atoms with Crippen molar-refractivity contribution in [2.75, 3.05) is 19.3 Å². The Morgan fingerprint density at radius 2 is 1.67 bits per heavy atom. The minimum atomic E-state index is -3.04. The molecule has 1 saturated carbocycles. The third-order valence-corrected chi connectivity index (χ3v) is 8.03. The lowest BCUT2D eigenvalue weighted by Crippen LogP contribution is -2.51. The Labute approximate surface area is 195 Å². The van der Waals surface area contributed by atoms with E-state index in [9.17, 15) is 13.2 Å². The fourth-order valence-corrected chi connectivity index (χ4v) is 5.60. The molecule has 1 amide bonds. The average molecular weight is 470 g/mol. The number of sulfone groups is 1. The summed E-state index contributed by atoms with van der Waals surface area (Å²) in [6, 6.07) is 14.0. The van der Waals surface area contributed by atoms with Crippen molar-refractivity contribution in [1.29, 1.82) is 0 Å². The largest absolute Gasteiger partial charge is 0.487 e. The first kappa shape index (κ1) is 22.3. The first-order valence-corrected chi connectivity index (χ1v) is 13.8. The van der Waals surface area contributed by atoms with E-state index in [0.717, 1.165) is 61.0 Å². The van der Waals surface area contributed by atoms with Crippen LogP contribution in [0.1, 0.15) is 50.2 Å². The van der Waals surface area contributed by atoms with Crippen LogP contribution in [0.4, 0.5) is 4.79 Å². The summed E-state index contributed by atoms with van der Waals surface area (Å²) < 4.78 is 35.2. The maximum atomic E-state index is 12.4. The van der Waals surface area contributed by atoms with E-state index in [-0.39, 0.29) is 23.0 Å². The van der Waals surface area contributed by atoms with Crippen LogP contribution in [-0.4, -0.2) is 50.0 Å². The number of aryl methyl sites for hydroxylation is 1. The molecule has 33 heavy (non-hydrogen) atoms. The number of likely N-dealkylation sites (tertiary alicyclic amines) is 1. The molecule has 0 N–H and O–H groups in total. The highest BCUT2D eigenvalue weighted by atomic mass is 32.2. The number of piperidine rings is 1. The first-order valence-electron chi connectivity index (χ1n) is 11.7. The van der Waals surface area contributed by atoms with Gasteiger partial charge in [0.15, 0.2) is 9.84 Å². The molecule has 5 rings (SSSR count). The van der Waals surface area contributed by atoms with Crippen LogP contribution in [0.2, 0.25) is 0 Å². The van der Waals surface area contributed by atoms with Crippen LogP contribution in [-0.2, 0) is 26.7 Å². The molecule has 1 spiro atoms. The molecule has 3 aliphatic rings. The van der Waals surface area contributed by atoms with E-state index in [0.29, 0.717) is 13.1 Å². The fourth-order valence-electron chi connectivity index (χ4n) is 4.80. The molecule has 1 saturated heterocycles. The second kappa shape index (κ2) is 8.05. The van der Waals surface area contributed by atoms with Crippen molar-refractivity contribution in [1.82, 2.24) is 4.90 Å². The Kier molecular flexibility index (Phi) is 5.43. The highest BCUT2D eigenvalue weighted by Crippen LogP contribution is 2.42. The Hall–Kier alpha value is -2.54. The molecule has 176 valence electrons. The van der Waals surface area contributed by atoms with Crippen molar-refractivity contribution in [3.63, 3.8) is 0 Å². The smallest absolute Gasteiger partial charge is 0.410 e. The van der Waals surface area contributed by atoms with Crippen molar-refractivity contribution < 1.29 is 22.7 Å². The predicted molar refractivity (Wildman–Crippen MR) is 127 cm³/mol. The molecular formula is C26H31NO5S. The minimum absolute atomic E-state index is 0.0574. The summed E-state index contributed by atoms with van der Waals surface area (Å²) in [6.45, 7) is 3.33. The van der Waals surface area contributed by atoms with Crippen LogP contribution in [0.25, 0.3) is 11.1 Å². The van der Waals surface area contributed by atoms with Gasteiger partial charge in [-0.25, -0.2) is 13.2 Å². The quantitative estimate of drug-likeness (QED) is 0.646. The number of rotatable bonds is 4. The highest BCUT2D eigenvalue weighted by molar-refractivity contribution is 7.89. The predicted octanol–water partition coefficient (Wildman–Crippen LogP) is 4.75. The Balaban J connectivity index is 1.23. The van der Waals surface area contributed by atoms with Gasteiger partial charge in [-0.05, 0) is 67.0 Å². The van der Waals surface area contributed by atoms with Gasteiger partial charge >= 0.3 is 6.09 Å². The number of fused-ring (bicyclic) bond motifs is 1. The molecule has 0 atom stereocenters. The van der Waals surface area contributed by atoms with Crippen molar-refractivity contribution in [3.8, 4) is 16.9 Å². The van der Waals surface area contributed by atoms with Crippen LogP contribution in [0.5, 0.6) is 5.75 Å². The maximum absolute atomic E-state index is 12.4. The van der Waals surface area contributed by atoms with E-state index >= 15 is 0 Å². The van der Waals surface area contributed by atoms with Crippen molar-refractivity contribution in [3.05, 3.63) is 53.6 Å². The van der Waals surface area contributed by atoms with Gasteiger partial charge < -0.3 is 14.4 Å². The van der Waals surface area contributed by atoms with Crippen molar-refractivity contribution >= 4 is 15.9 Å². The van der Waals surface area contributed by atoms with Gasteiger partial charge in [0.25, 0.3) is 0 Å². The highest BCUT2D eigenvalue weighted by Gasteiger charge is 2.45. The molecule has 2 aliphatic heterocycles. The summed E-state index contributed by atoms with van der Waals surface area (Å²) in [4.78, 5) is 14.2. The molecule has 2 aromatic rings. The Bertz CT molecular complexity index is 1160. The molecule has 0 radical (unpaired) electrons. The zero-order valence-electron chi connectivity index (χ0n) is 19.3. The summed E-state index contributed by atoms with van der Waals surface area (Å²) in [5.74, 6) is 0.988. The summed E-state index contributed by atoms with van der Waals surface area (Å²) in [5, 5.41) is 0. The zero-order chi connectivity index (χ0) is 23.3. The maximum Gasteiger partial charge on any atom is 0.410 e. The second-order valence-electron chi connectivity index (χ2n) is 10.2. The summed E-state index contributed by atoms with van der Waals surface area (Å²) in [5.41, 5.74) is 3.71. The Morgan fingerprint density at radius 1 is 1.00 bits per heavy atom. The molecule has 1 aliphatic carbocycles. The number of ether oxygens (including phenoxy) is 2. The van der Waals surface area contributed by atoms with Gasteiger partial charge in [-0.2, -0.15) is 0 Å². The number of carbonyl (C=O) groups is 1. The van der Waals surface area contributed by atoms with E-state index in [1.54, 1.807) is 0 Å². The zero-order valence-corrected chi connectivity index (χ0v) is 20.1. The third-order valence-electron chi connectivity index (χ3n) is 7.17. The van der Waals surface area contributed by atoms with Crippen LogP contribution < -0.4 is 4.74 Å². The number of amides is 1. The first-order chi connectivity index (χ1) is 15.6. The molecular weight excluding hydrogens is 438 g/mol. The molecule has 0 bridgehead atoms. The molecule has 6 nitrogen and oxygen atoms in total. The molecule has 0 unspecified atom stereocenters. The van der Waals surface area contributed by atoms with Gasteiger partial charge in [0.05, 0.1) is 5.75 Å². The van der Waals surface area contributed by atoms with E-state index in [4.69, 9.17) is 9.47 Å². The minimum Gasteiger partial charge on any atom is -0.487 e. The van der Waals surface area contributed by atoms with Crippen molar-refractivity contribution in [2.24, 2.45) is 0 Å². The van der Waals surface area contributed by atoms with Gasteiger partial charge in [-0.1, -0.05) is 30.3 Å². The van der Waals surface area contributed by atoms with E-state index in [1.807, 2.05) is 42.2 Å². The molecule has 0 aromatic heterocycles. The van der Waals surface area contributed by atoms with Crippen molar-refractivity contribution in [2.45, 2.75) is 62.4 Å². The number of carbonyl (C=O) groups excluding carboxylic acids is 1. The molecule has 2 heterocycles. The lowest BCUT2D eigenvalue weighted by Gasteiger charge is -2.44. The molecule has 7 heteroatoms. The molecule has 2 aromatic carbocycles. The summed E-state index contributed by atoms with van der Waals surface area (Å²) >= 11 is 0. The van der Waals surface area contributed by atoms with Crippen LogP contribution >= 0.6 is 0 Å². The monoisotopic (exact) mass is 469 g/mol. The number of hydrogen-bond donors (Lipinski definition) is 0. The van der Waals surface area contributed by atoms with Gasteiger partial charge in [0, 0.05) is 32.2 Å². The van der Waals surface area contributed by atoms with Gasteiger partial charge in [-0.15, -0.1) is 0 Å². The SMILES string of the molecule is CC1(OC(=O)N2CCC3(CCc4cc(-c5ccc(CS(C)(=O)=O)cc5)ccc4O3)CC2)CC1. The standard InChI is InChI=1S/C26H31NO5S/c1-25(11-12-25)32-24(28)27-15-13-26(14-16-27)10-9-22-17-21(7-8-23(22)31-26)20-5-3-19(4-6-20)18-33(2,29)30/h3-8,17H,9-16,18H2,1-2H3. The summed E-state index contributed by atoms with van der Waals surface area (Å²) in [6.07, 6.45) is 6.51. The van der Waals surface area contributed by atoms with Crippen LogP contribution in [0.3, 0.4) is 0 Å². The summed E-state index contributed by atoms with van der Waals surface area (Å²) in [7, 11) is -3.04. The average Bonchev–Trinajstić information content (AvgIpc) is 3.50. The van der Waals surface area contributed by atoms with Gasteiger partial charge in [0.2, 0.25) is 0 Å². The Morgan fingerprint density at radius 3 is 2.30 bits per heavy atom. The second-order valence-corrected chi connectivity index (χ2v) is 12.3. The lowest BCUT2D eigenvalue weighted by atomic mass is 9.82. The topological polar surface area (TPSA) is 72.9 Å². The number of benzene rings is 2. The third kappa shape index (κ3) is 5.03. The fraction of sp³-hybridized carbons (Fsp3) is 0.500.